The lowest BCUT2D eigenvalue weighted by Crippen LogP contribution is -2.33. The van der Waals surface area contributed by atoms with E-state index in [2.05, 4.69) is 4.90 Å². The molecule has 2 saturated heterocycles. The molecule has 0 aromatic rings. The molecule has 2 heterocycles. The smallest absolute Gasteiger partial charge is 0.222 e. The Morgan fingerprint density at radius 1 is 1.18 bits per heavy atom. The van der Waals surface area contributed by atoms with Crippen molar-refractivity contribution in [3.63, 3.8) is 0 Å². The molecule has 0 aromatic heterocycles. The molecule has 6 nitrogen and oxygen atoms in total. The Morgan fingerprint density at radius 3 is 2.32 bits per heavy atom. The average Bonchev–Trinajstić information content (AvgIpc) is 2.83. The monoisotopic (exact) mass is 332 g/mol. The van der Waals surface area contributed by atoms with E-state index in [-0.39, 0.29) is 35.9 Å². The largest absolute Gasteiger partial charge is 0.396 e. The van der Waals surface area contributed by atoms with Crippen LogP contribution in [0, 0.1) is 17.8 Å². The Kier molecular flexibility index (Phi) is 5.85. The van der Waals surface area contributed by atoms with Crippen molar-refractivity contribution in [2.24, 2.45) is 17.8 Å². The lowest BCUT2D eigenvalue weighted by Gasteiger charge is -2.24. The molecule has 2 unspecified atom stereocenters. The molecule has 2 aliphatic rings. The molecule has 0 spiro atoms. The van der Waals surface area contributed by atoms with E-state index in [1.807, 2.05) is 19.0 Å². The Bertz CT molecular complexity index is 478. The highest BCUT2D eigenvalue weighted by Crippen LogP contribution is 2.27. The third-order valence-corrected chi connectivity index (χ3v) is 6.62. The Balaban J connectivity index is 1.85. The zero-order chi connectivity index (χ0) is 16.3. The minimum absolute atomic E-state index is 0.115. The number of carbonyl (C=O) groups excluding carboxylic acids is 1. The fourth-order valence-electron chi connectivity index (χ4n) is 3.54. The van der Waals surface area contributed by atoms with Crippen LogP contribution in [0.5, 0.6) is 0 Å². The van der Waals surface area contributed by atoms with Gasteiger partial charge in [-0.15, -0.1) is 0 Å². The van der Waals surface area contributed by atoms with Crippen LogP contribution in [0.1, 0.15) is 19.3 Å². The minimum Gasteiger partial charge on any atom is -0.396 e. The van der Waals surface area contributed by atoms with Crippen molar-refractivity contribution in [3.05, 3.63) is 0 Å². The highest BCUT2D eigenvalue weighted by Gasteiger charge is 2.36. The SMILES string of the molecule is CN(C)CC1CN(C(=O)CC2CCS(=O)(=O)CC2)CC1CO. The van der Waals surface area contributed by atoms with Gasteiger partial charge in [-0.05, 0) is 38.8 Å². The van der Waals surface area contributed by atoms with Crippen LogP contribution in [0.25, 0.3) is 0 Å². The molecule has 2 atom stereocenters. The van der Waals surface area contributed by atoms with E-state index < -0.39 is 9.84 Å². The van der Waals surface area contributed by atoms with Crippen molar-refractivity contribution in [1.29, 1.82) is 0 Å². The predicted molar refractivity (Wildman–Crippen MR) is 85.2 cm³/mol. The van der Waals surface area contributed by atoms with Crippen LogP contribution < -0.4 is 0 Å². The highest BCUT2D eigenvalue weighted by atomic mass is 32.2. The van der Waals surface area contributed by atoms with Crippen molar-refractivity contribution in [3.8, 4) is 0 Å². The fraction of sp³-hybridized carbons (Fsp3) is 0.933. The first-order chi connectivity index (χ1) is 10.3. The van der Waals surface area contributed by atoms with E-state index in [9.17, 15) is 18.3 Å². The van der Waals surface area contributed by atoms with Gasteiger partial charge >= 0.3 is 0 Å². The quantitative estimate of drug-likeness (QED) is 0.756. The Hall–Kier alpha value is -0.660. The average molecular weight is 332 g/mol. The molecule has 22 heavy (non-hydrogen) atoms. The van der Waals surface area contributed by atoms with Gasteiger partial charge in [0.2, 0.25) is 5.91 Å². The maximum Gasteiger partial charge on any atom is 0.222 e. The van der Waals surface area contributed by atoms with Gasteiger partial charge in [-0.3, -0.25) is 4.79 Å². The third-order valence-electron chi connectivity index (χ3n) is 4.90. The molecule has 1 N–H and O–H groups in total. The zero-order valence-corrected chi connectivity index (χ0v) is 14.4. The van der Waals surface area contributed by atoms with Crippen molar-refractivity contribution in [2.45, 2.75) is 19.3 Å². The third kappa shape index (κ3) is 4.67. The second-order valence-electron chi connectivity index (χ2n) is 7.06. The van der Waals surface area contributed by atoms with Gasteiger partial charge in [0.25, 0.3) is 0 Å². The number of hydrogen-bond acceptors (Lipinski definition) is 5. The summed E-state index contributed by atoms with van der Waals surface area (Å²) in [7, 11) is 1.13. The predicted octanol–water partition coefficient (Wildman–Crippen LogP) is -0.170. The number of carbonyl (C=O) groups is 1. The lowest BCUT2D eigenvalue weighted by molar-refractivity contribution is -0.131. The topological polar surface area (TPSA) is 77.9 Å². The minimum atomic E-state index is -2.87. The summed E-state index contributed by atoms with van der Waals surface area (Å²) in [6.45, 7) is 2.31. The summed E-state index contributed by atoms with van der Waals surface area (Å²) in [5.74, 6) is 1.20. The lowest BCUT2D eigenvalue weighted by atomic mass is 9.97. The van der Waals surface area contributed by atoms with Crippen LogP contribution in [0.3, 0.4) is 0 Å². The molecule has 0 aromatic carbocycles. The van der Waals surface area contributed by atoms with Crippen molar-refractivity contribution in [1.82, 2.24) is 9.80 Å². The standard InChI is InChI=1S/C15H28N2O4S/c1-16(2)8-13-9-17(10-14(13)11-18)15(19)7-12-3-5-22(20,21)6-4-12/h12-14,18H,3-11H2,1-2H3. The highest BCUT2D eigenvalue weighted by molar-refractivity contribution is 7.91. The van der Waals surface area contributed by atoms with Crippen LogP contribution in [-0.4, -0.2) is 81.1 Å². The Morgan fingerprint density at radius 2 is 1.77 bits per heavy atom. The molecule has 128 valence electrons. The molecule has 0 aliphatic carbocycles. The van der Waals surface area contributed by atoms with Crippen molar-refractivity contribution >= 4 is 15.7 Å². The van der Waals surface area contributed by atoms with E-state index in [0.29, 0.717) is 38.3 Å². The normalized spacial score (nSPS) is 29.2. The molecule has 0 radical (unpaired) electrons. The summed E-state index contributed by atoms with van der Waals surface area (Å²) in [5.41, 5.74) is 0. The van der Waals surface area contributed by atoms with E-state index in [4.69, 9.17) is 0 Å². The summed E-state index contributed by atoms with van der Waals surface area (Å²) < 4.78 is 22.9. The molecule has 0 saturated carbocycles. The van der Waals surface area contributed by atoms with Crippen molar-refractivity contribution < 1.29 is 18.3 Å². The number of aliphatic hydroxyl groups excluding tert-OH is 1. The van der Waals surface area contributed by atoms with Crippen LogP contribution in [-0.2, 0) is 14.6 Å². The van der Waals surface area contributed by atoms with E-state index in [1.54, 1.807) is 0 Å². The maximum atomic E-state index is 12.4. The summed E-state index contributed by atoms with van der Waals surface area (Å²) in [6.07, 6.45) is 1.65. The second kappa shape index (κ2) is 7.27. The molecule has 0 bridgehead atoms. The molecule has 1 amide bonds. The first kappa shape index (κ1) is 17.7. The van der Waals surface area contributed by atoms with Crippen LogP contribution in [0.15, 0.2) is 0 Å². The number of rotatable bonds is 5. The summed E-state index contributed by atoms with van der Waals surface area (Å²) >= 11 is 0. The molecule has 7 heteroatoms. The number of likely N-dealkylation sites (tertiary alicyclic amines) is 1. The van der Waals surface area contributed by atoms with E-state index in [0.717, 1.165) is 6.54 Å². The second-order valence-corrected chi connectivity index (χ2v) is 9.37. The zero-order valence-electron chi connectivity index (χ0n) is 13.6. The van der Waals surface area contributed by atoms with Gasteiger partial charge in [0.05, 0.1) is 11.5 Å². The Labute approximate surface area is 133 Å². The molecular weight excluding hydrogens is 304 g/mol. The number of aliphatic hydroxyl groups is 1. The van der Waals surface area contributed by atoms with E-state index in [1.165, 1.54) is 0 Å². The van der Waals surface area contributed by atoms with Crippen LogP contribution >= 0.6 is 0 Å². The van der Waals surface area contributed by atoms with Gasteiger partial charge in [0.15, 0.2) is 0 Å². The number of amides is 1. The first-order valence-electron chi connectivity index (χ1n) is 8.04. The van der Waals surface area contributed by atoms with Gasteiger partial charge in [0, 0.05) is 38.6 Å². The maximum absolute atomic E-state index is 12.4. The number of hydrogen-bond donors (Lipinski definition) is 1. The van der Waals surface area contributed by atoms with Gasteiger partial charge in [0.1, 0.15) is 9.84 Å². The van der Waals surface area contributed by atoms with Gasteiger partial charge in [-0.25, -0.2) is 8.42 Å². The number of sulfone groups is 1. The van der Waals surface area contributed by atoms with Gasteiger partial charge < -0.3 is 14.9 Å². The molecule has 2 fully saturated rings. The summed E-state index contributed by atoms with van der Waals surface area (Å²) in [6, 6.07) is 0. The van der Waals surface area contributed by atoms with Crippen LogP contribution in [0.2, 0.25) is 0 Å². The summed E-state index contributed by atoms with van der Waals surface area (Å²) in [4.78, 5) is 16.4. The first-order valence-corrected chi connectivity index (χ1v) is 9.86. The van der Waals surface area contributed by atoms with E-state index >= 15 is 0 Å². The number of nitrogens with zero attached hydrogens (tertiary/aromatic N) is 2. The molecular formula is C15H28N2O4S. The molecule has 2 rings (SSSR count). The van der Waals surface area contributed by atoms with Crippen molar-refractivity contribution in [2.75, 3.05) is 51.8 Å². The van der Waals surface area contributed by atoms with Crippen LogP contribution in [0.4, 0.5) is 0 Å². The summed E-state index contributed by atoms with van der Waals surface area (Å²) in [5, 5.41) is 9.50. The molecule has 2 aliphatic heterocycles. The van der Waals surface area contributed by atoms with Gasteiger partial charge in [-0.2, -0.15) is 0 Å². The van der Waals surface area contributed by atoms with Gasteiger partial charge in [-0.1, -0.05) is 0 Å². The fourth-order valence-corrected chi connectivity index (χ4v) is 5.13.